The quantitative estimate of drug-likeness (QED) is 0.682. The van der Waals surface area contributed by atoms with Crippen LogP contribution < -0.4 is 0 Å². The third-order valence-electron chi connectivity index (χ3n) is 3.03. The first kappa shape index (κ1) is 11.0. The smallest absolute Gasteiger partial charge is 0.258 e. The van der Waals surface area contributed by atoms with E-state index in [1.54, 1.807) is 11.0 Å². The summed E-state index contributed by atoms with van der Waals surface area (Å²) in [4.78, 5) is 17.3. The van der Waals surface area contributed by atoms with Gasteiger partial charge in [-0.2, -0.15) is 4.39 Å². The van der Waals surface area contributed by atoms with Crippen LogP contribution in [-0.2, 0) is 0 Å². The van der Waals surface area contributed by atoms with Crippen molar-refractivity contribution >= 4 is 5.91 Å². The number of halogens is 1. The van der Waals surface area contributed by atoms with Crippen molar-refractivity contribution < 1.29 is 9.18 Å². The van der Waals surface area contributed by atoms with Crippen molar-refractivity contribution in [1.82, 2.24) is 9.88 Å². The fourth-order valence-corrected chi connectivity index (χ4v) is 2.28. The lowest BCUT2D eigenvalue weighted by molar-refractivity contribution is 0.0738. The van der Waals surface area contributed by atoms with Gasteiger partial charge in [-0.25, -0.2) is 4.98 Å². The van der Waals surface area contributed by atoms with E-state index in [4.69, 9.17) is 0 Å². The molecule has 1 aromatic rings. The Labute approximate surface area is 94.3 Å². The summed E-state index contributed by atoms with van der Waals surface area (Å²) in [5.41, 5.74) is 0.0726. The van der Waals surface area contributed by atoms with E-state index in [9.17, 15) is 9.18 Å². The number of aromatic nitrogens is 1. The number of nitrogens with zero attached hydrogens (tertiary/aromatic N) is 2. The third-order valence-corrected chi connectivity index (χ3v) is 3.03. The van der Waals surface area contributed by atoms with Gasteiger partial charge in [-0.05, 0) is 31.4 Å². The molecule has 0 saturated carbocycles. The Morgan fingerprint density at radius 3 is 2.88 bits per heavy atom. The van der Waals surface area contributed by atoms with Gasteiger partial charge >= 0.3 is 0 Å². The van der Waals surface area contributed by atoms with Gasteiger partial charge in [0.15, 0.2) is 0 Å². The van der Waals surface area contributed by atoms with E-state index < -0.39 is 5.95 Å². The second-order valence-corrected chi connectivity index (χ2v) is 4.49. The van der Waals surface area contributed by atoms with Crippen molar-refractivity contribution in [3.8, 4) is 0 Å². The molecular formula is C12H15FN2O. The van der Waals surface area contributed by atoms with Crippen LogP contribution in [0.4, 0.5) is 4.39 Å². The molecule has 0 aromatic carbocycles. The van der Waals surface area contributed by atoms with Gasteiger partial charge in [0.25, 0.3) is 5.91 Å². The standard InChI is InChI=1S/C12H15FN2O/c1-8-6-9(2)15(7-8)12(16)10-4-3-5-14-11(10)13/h3-5,8-9H,6-7H2,1-2H3. The lowest BCUT2D eigenvalue weighted by Crippen LogP contribution is -2.34. The Morgan fingerprint density at radius 2 is 2.31 bits per heavy atom. The van der Waals surface area contributed by atoms with Gasteiger partial charge in [-0.3, -0.25) is 4.79 Å². The summed E-state index contributed by atoms with van der Waals surface area (Å²) < 4.78 is 13.4. The summed E-state index contributed by atoms with van der Waals surface area (Å²) in [6.07, 6.45) is 2.33. The van der Waals surface area contributed by atoms with Crippen molar-refractivity contribution in [2.24, 2.45) is 5.92 Å². The Bertz CT molecular complexity index is 408. The molecule has 1 aromatic heterocycles. The molecule has 0 bridgehead atoms. The van der Waals surface area contributed by atoms with Crippen LogP contribution in [0.3, 0.4) is 0 Å². The zero-order chi connectivity index (χ0) is 11.7. The van der Waals surface area contributed by atoms with Crippen LogP contribution in [0.5, 0.6) is 0 Å². The molecular weight excluding hydrogens is 207 g/mol. The minimum Gasteiger partial charge on any atom is -0.336 e. The van der Waals surface area contributed by atoms with Crippen LogP contribution in [0.1, 0.15) is 30.6 Å². The van der Waals surface area contributed by atoms with Gasteiger partial charge in [-0.1, -0.05) is 6.92 Å². The van der Waals surface area contributed by atoms with Crippen LogP contribution in [0.15, 0.2) is 18.3 Å². The van der Waals surface area contributed by atoms with E-state index in [-0.39, 0.29) is 17.5 Å². The molecule has 4 heteroatoms. The number of carbonyl (C=O) groups excluding carboxylic acids is 1. The average molecular weight is 222 g/mol. The average Bonchev–Trinajstić information content (AvgIpc) is 2.58. The fraction of sp³-hybridized carbons (Fsp3) is 0.500. The molecule has 1 amide bonds. The molecule has 16 heavy (non-hydrogen) atoms. The number of carbonyl (C=O) groups is 1. The topological polar surface area (TPSA) is 33.2 Å². The number of hydrogen-bond acceptors (Lipinski definition) is 2. The molecule has 0 N–H and O–H groups in total. The number of amides is 1. The Morgan fingerprint density at radius 1 is 1.56 bits per heavy atom. The fourth-order valence-electron chi connectivity index (χ4n) is 2.28. The summed E-state index contributed by atoms with van der Waals surface area (Å²) in [7, 11) is 0. The normalized spacial score (nSPS) is 24.8. The first-order chi connectivity index (χ1) is 7.59. The van der Waals surface area contributed by atoms with Crippen molar-refractivity contribution in [2.75, 3.05) is 6.54 Å². The highest BCUT2D eigenvalue weighted by molar-refractivity contribution is 5.94. The van der Waals surface area contributed by atoms with E-state index in [1.165, 1.54) is 12.3 Å². The second kappa shape index (κ2) is 4.20. The minimum absolute atomic E-state index is 0.0726. The molecule has 2 atom stereocenters. The second-order valence-electron chi connectivity index (χ2n) is 4.49. The van der Waals surface area contributed by atoms with Gasteiger partial charge in [0.2, 0.25) is 5.95 Å². The molecule has 3 nitrogen and oxygen atoms in total. The van der Waals surface area contributed by atoms with Gasteiger partial charge in [0.1, 0.15) is 0 Å². The predicted octanol–water partition coefficient (Wildman–Crippen LogP) is 2.09. The van der Waals surface area contributed by atoms with E-state index in [2.05, 4.69) is 11.9 Å². The molecule has 1 fully saturated rings. The largest absolute Gasteiger partial charge is 0.336 e. The van der Waals surface area contributed by atoms with E-state index in [0.29, 0.717) is 12.5 Å². The maximum Gasteiger partial charge on any atom is 0.258 e. The van der Waals surface area contributed by atoms with Crippen LogP contribution >= 0.6 is 0 Å². The maximum absolute atomic E-state index is 13.4. The highest BCUT2D eigenvalue weighted by Crippen LogP contribution is 2.24. The molecule has 1 saturated heterocycles. The van der Waals surface area contributed by atoms with Gasteiger partial charge in [-0.15, -0.1) is 0 Å². The Balaban J connectivity index is 2.23. The van der Waals surface area contributed by atoms with Gasteiger partial charge < -0.3 is 4.90 Å². The van der Waals surface area contributed by atoms with E-state index in [0.717, 1.165) is 6.42 Å². The SMILES string of the molecule is CC1CC(C)N(C(=O)c2cccnc2F)C1. The molecule has 2 heterocycles. The van der Waals surface area contributed by atoms with Crippen LogP contribution in [-0.4, -0.2) is 28.4 Å². The molecule has 0 radical (unpaired) electrons. The molecule has 2 rings (SSSR count). The summed E-state index contributed by atoms with van der Waals surface area (Å²) >= 11 is 0. The maximum atomic E-state index is 13.4. The summed E-state index contributed by atoms with van der Waals surface area (Å²) in [5.74, 6) is -0.444. The first-order valence-corrected chi connectivity index (χ1v) is 5.51. The van der Waals surface area contributed by atoms with Crippen LogP contribution in [0.2, 0.25) is 0 Å². The Kier molecular flexibility index (Phi) is 2.90. The molecule has 2 unspecified atom stereocenters. The van der Waals surface area contributed by atoms with Crippen molar-refractivity contribution in [3.63, 3.8) is 0 Å². The zero-order valence-corrected chi connectivity index (χ0v) is 9.48. The van der Waals surface area contributed by atoms with Crippen molar-refractivity contribution in [3.05, 3.63) is 29.8 Å². The molecule has 1 aliphatic rings. The molecule has 86 valence electrons. The first-order valence-electron chi connectivity index (χ1n) is 5.51. The summed E-state index contributed by atoms with van der Waals surface area (Å²) in [5, 5.41) is 0. The number of rotatable bonds is 1. The zero-order valence-electron chi connectivity index (χ0n) is 9.48. The number of likely N-dealkylation sites (tertiary alicyclic amines) is 1. The molecule has 1 aliphatic heterocycles. The van der Waals surface area contributed by atoms with Crippen LogP contribution in [0.25, 0.3) is 0 Å². The van der Waals surface area contributed by atoms with E-state index >= 15 is 0 Å². The molecule has 0 aliphatic carbocycles. The van der Waals surface area contributed by atoms with Gasteiger partial charge in [0.05, 0.1) is 5.56 Å². The van der Waals surface area contributed by atoms with Gasteiger partial charge in [0, 0.05) is 18.8 Å². The van der Waals surface area contributed by atoms with Crippen molar-refractivity contribution in [2.45, 2.75) is 26.3 Å². The van der Waals surface area contributed by atoms with Crippen LogP contribution in [0, 0.1) is 11.9 Å². The molecule has 0 spiro atoms. The summed E-state index contributed by atoms with van der Waals surface area (Å²) in [6.45, 7) is 4.80. The number of hydrogen-bond donors (Lipinski definition) is 0. The Hall–Kier alpha value is -1.45. The highest BCUT2D eigenvalue weighted by Gasteiger charge is 2.31. The minimum atomic E-state index is -0.681. The third kappa shape index (κ3) is 1.92. The van der Waals surface area contributed by atoms with E-state index in [1.807, 2.05) is 6.92 Å². The highest BCUT2D eigenvalue weighted by atomic mass is 19.1. The summed E-state index contributed by atoms with van der Waals surface area (Å²) in [6, 6.07) is 3.25. The number of pyridine rings is 1. The van der Waals surface area contributed by atoms with Crippen molar-refractivity contribution in [1.29, 1.82) is 0 Å². The lowest BCUT2D eigenvalue weighted by atomic mass is 10.1. The monoisotopic (exact) mass is 222 g/mol. The lowest BCUT2D eigenvalue weighted by Gasteiger charge is -2.21. The predicted molar refractivity (Wildman–Crippen MR) is 58.5 cm³/mol.